The summed E-state index contributed by atoms with van der Waals surface area (Å²) in [6, 6.07) is 3.87. The summed E-state index contributed by atoms with van der Waals surface area (Å²) in [6.45, 7) is 4.89. The van der Waals surface area contributed by atoms with E-state index in [1.54, 1.807) is 11.3 Å². The molecule has 1 unspecified atom stereocenters. The van der Waals surface area contributed by atoms with Gasteiger partial charge in [0.25, 0.3) is 0 Å². The Morgan fingerprint density at radius 3 is 2.81 bits per heavy atom. The lowest BCUT2D eigenvalue weighted by molar-refractivity contribution is -0.146. The van der Waals surface area contributed by atoms with E-state index in [2.05, 4.69) is 19.2 Å². The van der Waals surface area contributed by atoms with Gasteiger partial charge < -0.3 is 10.4 Å². The number of hydrogen-bond donors (Lipinski definition) is 2. The topological polar surface area (TPSA) is 49.3 Å². The lowest BCUT2D eigenvalue weighted by Crippen LogP contribution is -2.55. The number of thiophene rings is 1. The minimum atomic E-state index is -0.692. The second-order valence-corrected chi connectivity index (χ2v) is 6.05. The summed E-state index contributed by atoms with van der Waals surface area (Å²) in [5.41, 5.74) is -0.802. The molecule has 2 heterocycles. The van der Waals surface area contributed by atoms with E-state index in [9.17, 15) is 9.90 Å². The second kappa shape index (κ2) is 3.86. The molecule has 0 aliphatic carbocycles. The van der Waals surface area contributed by atoms with Gasteiger partial charge in [-0.05, 0) is 44.7 Å². The quantitative estimate of drug-likeness (QED) is 0.832. The summed E-state index contributed by atoms with van der Waals surface area (Å²) in [7, 11) is 0. The molecular weight excluding hydrogens is 222 g/mol. The van der Waals surface area contributed by atoms with E-state index in [0.717, 1.165) is 11.4 Å². The molecule has 1 saturated heterocycles. The Bertz CT molecular complexity index is 386. The third kappa shape index (κ3) is 1.87. The minimum Gasteiger partial charge on any atom is -0.481 e. The fraction of sp³-hybridized carbons (Fsp3) is 0.583. The van der Waals surface area contributed by atoms with Crippen molar-refractivity contribution in [3.05, 3.63) is 22.4 Å². The van der Waals surface area contributed by atoms with Crippen molar-refractivity contribution in [2.24, 2.45) is 0 Å². The lowest BCUT2D eigenvalue weighted by atomic mass is 9.70. The van der Waals surface area contributed by atoms with E-state index in [-0.39, 0.29) is 5.54 Å². The number of nitrogens with one attached hydrogen (secondary N) is 1. The Labute approximate surface area is 99.5 Å². The lowest BCUT2D eigenvalue weighted by Gasteiger charge is -2.42. The van der Waals surface area contributed by atoms with Crippen LogP contribution in [0.1, 0.15) is 31.6 Å². The first-order valence-corrected chi connectivity index (χ1v) is 6.37. The molecule has 0 aromatic carbocycles. The van der Waals surface area contributed by atoms with E-state index < -0.39 is 11.4 Å². The van der Waals surface area contributed by atoms with Crippen LogP contribution in [0.25, 0.3) is 0 Å². The van der Waals surface area contributed by atoms with Crippen LogP contribution in [0.15, 0.2) is 17.5 Å². The van der Waals surface area contributed by atoms with Gasteiger partial charge in [-0.1, -0.05) is 6.07 Å². The molecule has 0 bridgehead atoms. The van der Waals surface area contributed by atoms with E-state index >= 15 is 0 Å². The largest absolute Gasteiger partial charge is 0.481 e. The number of aliphatic carboxylic acids is 1. The maximum Gasteiger partial charge on any atom is 0.315 e. The van der Waals surface area contributed by atoms with Crippen molar-refractivity contribution in [3.63, 3.8) is 0 Å². The smallest absolute Gasteiger partial charge is 0.315 e. The summed E-state index contributed by atoms with van der Waals surface area (Å²) >= 11 is 1.55. The zero-order valence-corrected chi connectivity index (χ0v) is 10.4. The molecule has 88 valence electrons. The zero-order chi connectivity index (χ0) is 11.8. The fourth-order valence-electron chi connectivity index (χ4n) is 2.57. The standard InChI is InChI=1S/C12H17NO2S/c1-11(2)8-12(10(14)15,5-6-13-11)9-4-3-7-16-9/h3-4,7,13H,5-6,8H2,1-2H3,(H,14,15). The van der Waals surface area contributed by atoms with Crippen molar-refractivity contribution >= 4 is 17.3 Å². The van der Waals surface area contributed by atoms with Crippen molar-refractivity contribution in [1.29, 1.82) is 0 Å². The van der Waals surface area contributed by atoms with Gasteiger partial charge in [0.2, 0.25) is 0 Å². The van der Waals surface area contributed by atoms with Crippen molar-refractivity contribution < 1.29 is 9.90 Å². The summed E-state index contributed by atoms with van der Waals surface area (Å²) in [5, 5.41) is 14.9. The Balaban J connectivity index is 2.40. The average molecular weight is 239 g/mol. The molecule has 1 aromatic rings. The monoisotopic (exact) mass is 239 g/mol. The van der Waals surface area contributed by atoms with E-state index in [0.29, 0.717) is 12.8 Å². The molecule has 0 spiro atoms. The van der Waals surface area contributed by atoms with Crippen LogP contribution in [-0.2, 0) is 10.2 Å². The Kier molecular flexibility index (Phi) is 2.80. The van der Waals surface area contributed by atoms with Gasteiger partial charge in [-0.15, -0.1) is 11.3 Å². The fourth-order valence-corrected chi connectivity index (χ4v) is 3.52. The molecule has 1 aliphatic rings. The molecule has 2 rings (SSSR count). The van der Waals surface area contributed by atoms with Crippen LogP contribution in [0, 0.1) is 0 Å². The second-order valence-electron chi connectivity index (χ2n) is 5.10. The highest BCUT2D eigenvalue weighted by atomic mass is 32.1. The molecule has 1 fully saturated rings. The molecule has 4 heteroatoms. The summed E-state index contributed by atoms with van der Waals surface area (Å²) in [5.74, 6) is -0.690. The van der Waals surface area contributed by atoms with Crippen LogP contribution in [0.3, 0.4) is 0 Å². The van der Waals surface area contributed by atoms with Crippen LogP contribution < -0.4 is 5.32 Å². The van der Waals surface area contributed by atoms with Gasteiger partial charge >= 0.3 is 5.97 Å². The highest BCUT2D eigenvalue weighted by Crippen LogP contribution is 2.41. The van der Waals surface area contributed by atoms with Crippen LogP contribution >= 0.6 is 11.3 Å². The summed E-state index contributed by atoms with van der Waals surface area (Å²) in [4.78, 5) is 12.6. The number of piperidine rings is 1. The molecule has 1 atom stereocenters. The number of carboxylic acid groups (broad SMARTS) is 1. The highest BCUT2D eigenvalue weighted by Gasteiger charge is 2.47. The van der Waals surface area contributed by atoms with Gasteiger partial charge in [-0.2, -0.15) is 0 Å². The van der Waals surface area contributed by atoms with Gasteiger partial charge in [0.05, 0.1) is 0 Å². The molecule has 1 aliphatic heterocycles. The normalized spacial score (nSPS) is 28.9. The maximum atomic E-state index is 11.6. The highest BCUT2D eigenvalue weighted by molar-refractivity contribution is 7.10. The van der Waals surface area contributed by atoms with Crippen molar-refractivity contribution in [2.75, 3.05) is 6.54 Å². The number of hydrogen-bond acceptors (Lipinski definition) is 3. The van der Waals surface area contributed by atoms with Gasteiger partial charge in [0.1, 0.15) is 5.41 Å². The summed E-state index contributed by atoms with van der Waals surface area (Å²) in [6.07, 6.45) is 1.32. The molecule has 2 N–H and O–H groups in total. The minimum absolute atomic E-state index is 0.110. The number of carbonyl (C=O) groups is 1. The van der Waals surface area contributed by atoms with Crippen molar-refractivity contribution in [1.82, 2.24) is 5.32 Å². The first-order valence-electron chi connectivity index (χ1n) is 5.49. The average Bonchev–Trinajstić information content (AvgIpc) is 2.68. The Morgan fingerprint density at radius 2 is 2.31 bits per heavy atom. The number of rotatable bonds is 2. The first kappa shape index (κ1) is 11.6. The van der Waals surface area contributed by atoms with Crippen LogP contribution in [0.4, 0.5) is 0 Å². The predicted molar refractivity (Wildman–Crippen MR) is 64.9 cm³/mol. The molecule has 0 saturated carbocycles. The Hall–Kier alpha value is -0.870. The van der Waals surface area contributed by atoms with Crippen molar-refractivity contribution in [3.8, 4) is 0 Å². The van der Waals surface area contributed by atoms with Crippen molar-refractivity contribution in [2.45, 2.75) is 37.6 Å². The van der Waals surface area contributed by atoms with Crippen LogP contribution in [0.5, 0.6) is 0 Å². The molecule has 0 radical (unpaired) electrons. The predicted octanol–water partition coefficient (Wildman–Crippen LogP) is 2.23. The Morgan fingerprint density at radius 1 is 1.56 bits per heavy atom. The number of carboxylic acids is 1. The van der Waals surface area contributed by atoms with Gasteiger partial charge in [0, 0.05) is 10.4 Å². The van der Waals surface area contributed by atoms with E-state index in [1.807, 2.05) is 17.5 Å². The molecule has 16 heavy (non-hydrogen) atoms. The molecule has 1 aromatic heterocycles. The summed E-state index contributed by atoms with van der Waals surface area (Å²) < 4.78 is 0. The maximum absolute atomic E-state index is 11.6. The first-order chi connectivity index (χ1) is 7.46. The third-order valence-corrected chi connectivity index (χ3v) is 4.38. The van der Waals surface area contributed by atoms with Gasteiger partial charge in [-0.3, -0.25) is 4.79 Å². The van der Waals surface area contributed by atoms with Gasteiger partial charge in [-0.25, -0.2) is 0 Å². The van der Waals surface area contributed by atoms with Crippen LogP contribution in [0.2, 0.25) is 0 Å². The third-order valence-electron chi connectivity index (χ3n) is 3.30. The van der Waals surface area contributed by atoms with Gasteiger partial charge in [0.15, 0.2) is 0 Å². The molecular formula is C12H17NO2S. The van der Waals surface area contributed by atoms with Crippen LogP contribution in [-0.4, -0.2) is 23.2 Å². The molecule has 0 amide bonds. The van der Waals surface area contributed by atoms with E-state index in [1.165, 1.54) is 0 Å². The SMILES string of the molecule is CC1(C)CC(C(=O)O)(c2cccs2)CCN1. The van der Waals surface area contributed by atoms with E-state index in [4.69, 9.17) is 0 Å². The zero-order valence-electron chi connectivity index (χ0n) is 9.62. The molecule has 3 nitrogen and oxygen atoms in total.